The Labute approximate surface area is 156 Å². The first-order valence-corrected chi connectivity index (χ1v) is 9.07. The van der Waals surface area contributed by atoms with E-state index in [-0.39, 0.29) is 12.1 Å². The summed E-state index contributed by atoms with van der Waals surface area (Å²) < 4.78 is 39.6. The molecule has 0 unspecified atom stereocenters. The van der Waals surface area contributed by atoms with E-state index in [4.69, 9.17) is 0 Å². The van der Waals surface area contributed by atoms with E-state index >= 15 is 0 Å². The lowest BCUT2D eigenvalue weighted by Crippen LogP contribution is -2.29. The van der Waals surface area contributed by atoms with Gasteiger partial charge in [0.2, 0.25) is 5.91 Å². The van der Waals surface area contributed by atoms with Crippen molar-refractivity contribution in [3.8, 4) is 0 Å². The van der Waals surface area contributed by atoms with E-state index < -0.39 is 23.4 Å². The highest BCUT2D eigenvalue weighted by Gasteiger charge is 2.15. The van der Waals surface area contributed by atoms with Crippen molar-refractivity contribution in [1.82, 2.24) is 0 Å². The second-order valence-corrected chi connectivity index (χ2v) is 6.54. The van der Waals surface area contributed by atoms with Crippen LogP contribution in [0.15, 0.2) is 36.4 Å². The lowest BCUT2D eigenvalue weighted by Gasteiger charge is -2.28. The fraction of sp³-hybridized carbons (Fsp3) is 0.350. The van der Waals surface area contributed by atoms with E-state index in [0.29, 0.717) is 6.54 Å². The number of amides is 1. The highest BCUT2D eigenvalue weighted by Crippen LogP contribution is 2.22. The molecule has 0 saturated carbocycles. The van der Waals surface area contributed by atoms with Gasteiger partial charge in [-0.15, -0.1) is 0 Å². The topological polar surface area (TPSA) is 44.4 Å². The third-order valence-corrected chi connectivity index (χ3v) is 4.58. The Kier molecular flexibility index (Phi) is 6.21. The Bertz CT molecular complexity index is 790. The summed E-state index contributed by atoms with van der Waals surface area (Å²) in [6.07, 6.45) is 3.78. The maximum absolute atomic E-state index is 13.6. The third kappa shape index (κ3) is 4.93. The minimum atomic E-state index is -1.60. The fourth-order valence-electron chi connectivity index (χ4n) is 3.10. The van der Waals surface area contributed by atoms with Crippen molar-refractivity contribution >= 4 is 23.0 Å². The van der Waals surface area contributed by atoms with Crippen LogP contribution in [0.3, 0.4) is 0 Å². The van der Waals surface area contributed by atoms with Crippen molar-refractivity contribution in [2.75, 3.05) is 35.2 Å². The second kappa shape index (κ2) is 8.79. The van der Waals surface area contributed by atoms with E-state index in [2.05, 4.69) is 15.5 Å². The number of anilines is 3. The van der Waals surface area contributed by atoms with Crippen LogP contribution < -0.4 is 15.5 Å². The molecule has 0 spiro atoms. The summed E-state index contributed by atoms with van der Waals surface area (Å²) in [4.78, 5) is 14.2. The molecule has 7 heteroatoms. The molecule has 2 aromatic carbocycles. The van der Waals surface area contributed by atoms with Crippen LogP contribution in [0.4, 0.5) is 30.2 Å². The summed E-state index contributed by atoms with van der Waals surface area (Å²) in [5, 5.41) is 5.37. The Balaban J connectivity index is 1.46. The van der Waals surface area contributed by atoms with Crippen LogP contribution in [0, 0.1) is 17.5 Å². The molecule has 1 saturated heterocycles. The number of rotatable bonds is 6. The normalized spacial score (nSPS) is 14.1. The second-order valence-electron chi connectivity index (χ2n) is 6.54. The van der Waals surface area contributed by atoms with Gasteiger partial charge in [0.15, 0.2) is 17.5 Å². The minimum absolute atomic E-state index is 0.0618. The molecule has 0 bridgehead atoms. The summed E-state index contributed by atoms with van der Waals surface area (Å²) in [5.74, 6) is -4.78. The number of benzene rings is 2. The van der Waals surface area contributed by atoms with Gasteiger partial charge in [0.05, 0.1) is 5.69 Å². The summed E-state index contributed by atoms with van der Waals surface area (Å²) in [6.45, 7) is 2.49. The van der Waals surface area contributed by atoms with Crippen molar-refractivity contribution in [2.45, 2.75) is 25.7 Å². The number of hydrogen-bond acceptors (Lipinski definition) is 3. The molecule has 4 nitrogen and oxygen atoms in total. The first-order valence-electron chi connectivity index (χ1n) is 9.07. The molecule has 1 amide bonds. The van der Waals surface area contributed by atoms with Crippen molar-refractivity contribution in [3.63, 3.8) is 0 Å². The Morgan fingerprint density at radius 2 is 1.63 bits per heavy atom. The van der Waals surface area contributed by atoms with Crippen LogP contribution in [-0.4, -0.2) is 25.5 Å². The van der Waals surface area contributed by atoms with Crippen molar-refractivity contribution < 1.29 is 18.0 Å². The van der Waals surface area contributed by atoms with Crippen LogP contribution in [0.2, 0.25) is 0 Å². The molecule has 27 heavy (non-hydrogen) atoms. The van der Waals surface area contributed by atoms with Gasteiger partial charge in [0.1, 0.15) is 0 Å². The number of hydrogen-bond donors (Lipinski definition) is 2. The zero-order valence-corrected chi connectivity index (χ0v) is 14.9. The fourth-order valence-corrected chi connectivity index (χ4v) is 3.10. The van der Waals surface area contributed by atoms with Gasteiger partial charge in [-0.05, 0) is 55.7 Å². The smallest absolute Gasteiger partial charge is 0.226 e. The predicted octanol–water partition coefficient (Wildman–Crippen LogP) is 4.53. The van der Waals surface area contributed by atoms with Gasteiger partial charge >= 0.3 is 0 Å². The predicted molar refractivity (Wildman–Crippen MR) is 101 cm³/mol. The molecule has 2 N–H and O–H groups in total. The first-order chi connectivity index (χ1) is 13.0. The van der Waals surface area contributed by atoms with Gasteiger partial charge in [-0.3, -0.25) is 4.79 Å². The number of nitrogens with one attached hydrogen (secondary N) is 2. The first kappa shape index (κ1) is 19.1. The molecule has 0 aliphatic carbocycles. The average molecular weight is 377 g/mol. The molecular weight excluding hydrogens is 355 g/mol. The Hall–Kier alpha value is -2.70. The quantitative estimate of drug-likeness (QED) is 0.727. The highest BCUT2D eigenvalue weighted by atomic mass is 19.2. The molecule has 144 valence electrons. The zero-order chi connectivity index (χ0) is 19.2. The number of nitrogens with zero attached hydrogens (tertiary/aromatic N) is 1. The summed E-state index contributed by atoms with van der Waals surface area (Å²) in [6, 6.07) is 9.77. The largest absolute Gasteiger partial charge is 0.385 e. The van der Waals surface area contributed by atoms with Crippen molar-refractivity contribution in [3.05, 3.63) is 53.8 Å². The lowest BCUT2D eigenvalue weighted by atomic mass is 10.1. The Morgan fingerprint density at radius 3 is 2.33 bits per heavy atom. The summed E-state index contributed by atoms with van der Waals surface area (Å²) >= 11 is 0. The minimum Gasteiger partial charge on any atom is -0.385 e. The van der Waals surface area contributed by atoms with Crippen LogP contribution >= 0.6 is 0 Å². The van der Waals surface area contributed by atoms with Crippen LogP contribution in [0.1, 0.15) is 25.7 Å². The van der Waals surface area contributed by atoms with E-state index in [1.165, 1.54) is 24.9 Å². The third-order valence-electron chi connectivity index (χ3n) is 4.58. The Morgan fingerprint density at radius 1 is 0.926 bits per heavy atom. The van der Waals surface area contributed by atoms with Gasteiger partial charge in [-0.1, -0.05) is 0 Å². The van der Waals surface area contributed by atoms with Gasteiger partial charge in [-0.2, -0.15) is 0 Å². The number of carbonyl (C=O) groups is 1. The molecule has 0 aromatic heterocycles. The molecule has 0 radical (unpaired) electrons. The lowest BCUT2D eigenvalue weighted by molar-refractivity contribution is -0.116. The van der Waals surface area contributed by atoms with E-state index in [9.17, 15) is 18.0 Å². The molecule has 0 atom stereocenters. The number of carbonyl (C=O) groups excluding carboxylic acids is 1. The monoisotopic (exact) mass is 377 g/mol. The number of halogens is 3. The van der Waals surface area contributed by atoms with Gasteiger partial charge in [-0.25, -0.2) is 13.2 Å². The maximum atomic E-state index is 13.6. The van der Waals surface area contributed by atoms with Crippen LogP contribution in [0.25, 0.3) is 0 Å². The SMILES string of the molecule is O=C(CCNc1ccc(N2CCCCC2)cc1)Nc1ccc(F)c(F)c1F. The van der Waals surface area contributed by atoms with Gasteiger partial charge < -0.3 is 15.5 Å². The molecule has 3 rings (SSSR count). The van der Waals surface area contributed by atoms with E-state index in [1.807, 2.05) is 24.3 Å². The van der Waals surface area contributed by atoms with E-state index in [1.54, 1.807) is 0 Å². The van der Waals surface area contributed by atoms with Gasteiger partial charge in [0, 0.05) is 37.4 Å². The van der Waals surface area contributed by atoms with Crippen LogP contribution in [0.5, 0.6) is 0 Å². The van der Waals surface area contributed by atoms with Crippen molar-refractivity contribution in [1.29, 1.82) is 0 Å². The molecule has 1 aliphatic heterocycles. The number of piperidine rings is 1. The van der Waals surface area contributed by atoms with Crippen LogP contribution in [-0.2, 0) is 4.79 Å². The van der Waals surface area contributed by atoms with Gasteiger partial charge in [0.25, 0.3) is 0 Å². The van der Waals surface area contributed by atoms with Crippen molar-refractivity contribution in [2.24, 2.45) is 0 Å². The standard InChI is InChI=1S/C20H22F3N3O/c21-16-8-9-17(20(23)19(16)22)25-18(27)10-11-24-14-4-6-15(7-5-14)26-12-2-1-3-13-26/h4-9,24H,1-3,10-13H2,(H,25,27). The molecular formula is C20H22F3N3O. The van der Waals surface area contributed by atoms with E-state index in [0.717, 1.165) is 30.9 Å². The zero-order valence-electron chi connectivity index (χ0n) is 14.9. The maximum Gasteiger partial charge on any atom is 0.226 e. The molecule has 1 fully saturated rings. The molecule has 1 heterocycles. The summed E-state index contributed by atoms with van der Waals surface area (Å²) in [5.41, 5.74) is 1.69. The average Bonchev–Trinajstić information content (AvgIpc) is 2.70. The molecule has 2 aromatic rings. The molecule has 1 aliphatic rings. The highest BCUT2D eigenvalue weighted by molar-refractivity contribution is 5.91. The summed E-state index contributed by atoms with van der Waals surface area (Å²) in [7, 11) is 0.